The standard InChI is InChI=1S/C36H43N2O/c1-9-35(8)29-18-14-12-17-26(29)34-37(20-21-38(34)36(35,10-2)11-3)32-27(23(4)5)22-28-25-16-13-15-19-30(25)39-33(28)31(32)24(6)7/h12-24H,9-11H2,1-8H3/q+1. The van der Waals surface area contributed by atoms with Crippen LogP contribution in [0.3, 0.4) is 0 Å². The molecule has 1 unspecified atom stereocenters. The minimum absolute atomic E-state index is 0.00383. The van der Waals surface area contributed by atoms with Crippen molar-refractivity contribution in [1.29, 1.82) is 0 Å². The van der Waals surface area contributed by atoms with Crippen molar-refractivity contribution in [1.82, 2.24) is 4.57 Å². The van der Waals surface area contributed by atoms with Gasteiger partial charge < -0.3 is 4.42 Å². The van der Waals surface area contributed by atoms with Crippen LogP contribution in [-0.4, -0.2) is 4.57 Å². The number of furan rings is 1. The molecule has 0 fully saturated rings. The van der Waals surface area contributed by atoms with Gasteiger partial charge in [0.25, 0.3) is 5.82 Å². The molecule has 0 amide bonds. The van der Waals surface area contributed by atoms with Crippen molar-refractivity contribution in [3.8, 4) is 17.1 Å². The van der Waals surface area contributed by atoms with Gasteiger partial charge in [-0.2, -0.15) is 4.57 Å². The highest BCUT2D eigenvalue weighted by Crippen LogP contribution is 2.52. The van der Waals surface area contributed by atoms with Gasteiger partial charge in [0.1, 0.15) is 34.8 Å². The van der Waals surface area contributed by atoms with E-state index < -0.39 is 0 Å². The van der Waals surface area contributed by atoms with Gasteiger partial charge in [-0.3, -0.25) is 0 Å². The Morgan fingerprint density at radius 3 is 2.21 bits per heavy atom. The van der Waals surface area contributed by atoms with Gasteiger partial charge in [0, 0.05) is 27.3 Å². The van der Waals surface area contributed by atoms with E-state index in [1.165, 1.54) is 44.5 Å². The smallest absolute Gasteiger partial charge is 0.294 e. The largest absolute Gasteiger partial charge is 0.456 e. The van der Waals surface area contributed by atoms with Crippen LogP contribution in [0.4, 0.5) is 0 Å². The summed E-state index contributed by atoms with van der Waals surface area (Å²) in [5.74, 6) is 1.95. The van der Waals surface area contributed by atoms with Gasteiger partial charge in [-0.15, -0.1) is 0 Å². The van der Waals surface area contributed by atoms with Crippen molar-refractivity contribution in [2.45, 2.75) is 97.4 Å². The van der Waals surface area contributed by atoms with Crippen LogP contribution < -0.4 is 4.57 Å². The Morgan fingerprint density at radius 1 is 0.846 bits per heavy atom. The van der Waals surface area contributed by atoms with Gasteiger partial charge in [0.2, 0.25) is 0 Å². The number of aromatic nitrogens is 2. The third-order valence-corrected chi connectivity index (χ3v) is 10.1. The molecule has 6 rings (SSSR count). The Kier molecular flexibility index (Phi) is 6.06. The number of imidazole rings is 1. The summed E-state index contributed by atoms with van der Waals surface area (Å²) in [4.78, 5) is 0. The minimum atomic E-state index is -0.00383. The second-order valence-electron chi connectivity index (χ2n) is 12.3. The number of rotatable bonds is 6. The average Bonchev–Trinajstić information content (AvgIpc) is 3.54. The molecule has 0 spiro atoms. The summed E-state index contributed by atoms with van der Waals surface area (Å²) in [5, 5.41) is 2.43. The maximum absolute atomic E-state index is 6.65. The third kappa shape index (κ3) is 3.31. The third-order valence-electron chi connectivity index (χ3n) is 10.1. The summed E-state index contributed by atoms with van der Waals surface area (Å²) in [5.41, 5.74) is 8.80. The molecular weight excluding hydrogens is 476 g/mol. The molecule has 0 N–H and O–H groups in total. The molecule has 202 valence electrons. The number of hydrogen-bond acceptors (Lipinski definition) is 1. The molecule has 3 aromatic carbocycles. The van der Waals surface area contributed by atoms with Crippen LogP contribution in [0.15, 0.2) is 71.4 Å². The van der Waals surface area contributed by atoms with Crippen molar-refractivity contribution in [2.75, 3.05) is 0 Å². The van der Waals surface area contributed by atoms with E-state index in [1.807, 2.05) is 0 Å². The fourth-order valence-corrected chi connectivity index (χ4v) is 7.88. The molecule has 39 heavy (non-hydrogen) atoms. The SMILES string of the molecule is CCC1(C)c2ccccc2-c2n(-c3c(C(C)C)cc4c(oc5ccccc54)c3C(C)C)cc[n+]2C1(CC)CC. The molecule has 1 atom stereocenters. The van der Waals surface area contributed by atoms with E-state index in [4.69, 9.17) is 4.42 Å². The molecule has 5 aromatic rings. The maximum Gasteiger partial charge on any atom is 0.294 e. The number of benzene rings is 3. The zero-order valence-electron chi connectivity index (χ0n) is 24.9. The Labute approximate surface area is 233 Å². The van der Waals surface area contributed by atoms with Crippen LogP contribution in [0.5, 0.6) is 0 Å². The molecule has 1 aliphatic rings. The van der Waals surface area contributed by atoms with Crippen molar-refractivity contribution < 1.29 is 8.98 Å². The molecule has 0 aliphatic carbocycles. The van der Waals surface area contributed by atoms with Crippen LogP contribution >= 0.6 is 0 Å². The van der Waals surface area contributed by atoms with Gasteiger partial charge in [0.05, 0.1) is 5.56 Å². The van der Waals surface area contributed by atoms with Crippen LogP contribution in [0.25, 0.3) is 39.0 Å². The molecule has 1 aliphatic heterocycles. The van der Waals surface area contributed by atoms with Crippen molar-refractivity contribution >= 4 is 21.9 Å². The highest BCUT2D eigenvalue weighted by Gasteiger charge is 2.57. The first kappa shape index (κ1) is 25.9. The molecular formula is C36H43N2O+. The number of para-hydroxylation sites is 1. The summed E-state index contributed by atoms with van der Waals surface area (Å²) < 4.78 is 11.8. The van der Waals surface area contributed by atoms with Gasteiger partial charge in [-0.25, -0.2) is 4.57 Å². The fraction of sp³-hybridized carbons (Fsp3) is 0.417. The Balaban J connectivity index is 1.78. The number of hydrogen-bond donors (Lipinski definition) is 0. The second-order valence-corrected chi connectivity index (χ2v) is 12.3. The molecule has 0 saturated heterocycles. The number of nitrogens with zero attached hydrogens (tertiary/aromatic N) is 2. The zero-order chi connectivity index (χ0) is 27.7. The van der Waals surface area contributed by atoms with Gasteiger partial charge >= 0.3 is 0 Å². The average molecular weight is 520 g/mol. The van der Waals surface area contributed by atoms with E-state index in [0.717, 1.165) is 30.4 Å². The highest BCUT2D eigenvalue weighted by molar-refractivity contribution is 6.07. The minimum Gasteiger partial charge on any atom is -0.456 e. The summed E-state index contributed by atoms with van der Waals surface area (Å²) in [7, 11) is 0. The predicted molar refractivity (Wildman–Crippen MR) is 163 cm³/mol. The first-order valence-electron chi connectivity index (χ1n) is 15.0. The molecule has 3 heterocycles. The zero-order valence-corrected chi connectivity index (χ0v) is 24.9. The highest BCUT2D eigenvalue weighted by atomic mass is 16.3. The topological polar surface area (TPSA) is 21.9 Å². The number of fused-ring (bicyclic) bond motifs is 6. The summed E-state index contributed by atoms with van der Waals surface area (Å²) in [6.45, 7) is 18.9. The van der Waals surface area contributed by atoms with Crippen LogP contribution in [-0.2, 0) is 11.0 Å². The fourth-order valence-electron chi connectivity index (χ4n) is 7.88. The van der Waals surface area contributed by atoms with E-state index in [-0.39, 0.29) is 11.0 Å². The van der Waals surface area contributed by atoms with Gasteiger partial charge in [0.15, 0.2) is 0 Å². The normalized spacial score (nSPS) is 18.3. The summed E-state index contributed by atoms with van der Waals surface area (Å²) in [6, 6.07) is 20.0. The lowest BCUT2D eigenvalue weighted by Gasteiger charge is -2.49. The van der Waals surface area contributed by atoms with Crippen LogP contribution in [0, 0.1) is 0 Å². The molecule has 0 saturated carbocycles. The quantitative estimate of drug-likeness (QED) is 0.205. The van der Waals surface area contributed by atoms with Crippen LogP contribution in [0.2, 0.25) is 0 Å². The lowest BCUT2D eigenvalue weighted by molar-refractivity contribution is -0.768. The van der Waals surface area contributed by atoms with Gasteiger partial charge in [-0.05, 0) is 54.9 Å². The van der Waals surface area contributed by atoms with E-state index in [1.54, 1.807) is 0 Å². The summed E-state index contributed by atoms with van der Waals surface area (Å²) >= 11 is 0. The summed E-state index contributed by atoms with van der Waals surface area (Å²) in [6.07, 6.45) is 7.96. The molecule has 0 bridgehead atoms. The first-order valence-corrected chi connectivity index (χ1v) is 15.0. The second kappa shape index (κ2) is 9.11. The lowest BCUT2D eigenvalue weighted by Crippen LogP contribution is -2.68. The maximum atomic E-state index is 6.65. The van der Waals surface area contributed by atoms with E-state index >= 15 is 0 Å². The Morgan fingerprint density at radius 2 is 1.54 bits per heavy atom. The van der Waals surface area contributed by atoms with E-state index in [2.05, 4.69) is 132 Å². The molecule has 3 nitrogen and oxygen atoms in total. The Bertz CT molecular complexity index is 1690. The Hall–Kier alpha value is -3.33. The predicted octanol–water partition coefficient (Wildman–Crippen LogP) is 9.77. The monoisotopic (exact) mass is 519 g/mol. The molecule has 0 radical (unpaired) electrons. The van der Waals surface area contributed by atoms with Crippen LogP contribution in [0.1, 0.15) is 103 Å². The van der Waals surface area contributed by atoms with Crippen molar-refractivity contribution in [3.05, 3.63) is 83.7 Å². The lowest BCUT2D eigenvalue weighted by atomic mass is 9.59. The first-order chi connectivity index (χ1) is 18.7. The van der Waals surface area contributed by atoms with Crippen molar-refractivity contribution in [2.24, 2.45) is 0 Å². The van der Waals surface area contributed by atoms with E-state index in [9.17, 15) is 0 Å². The van der Waals surface area contributed by atoms with Crippen molar-refractivity contribution in [3.63, 3.8) is 0 Å². The molecule has 3 heteroatoms. The van der Waals surface area contributed by atoms with Gasteiger partial charge in [-0.1, -0.05) is 91.8 Å². The molecule has 2 aromatic heterocycles. The van der Waals surface area contributed by atoms with E-state index in [0.29, 0.717) is 11.8 Å².